The highest BCUT2D eigenvalue weighted by Crippen LogP contribution is 2.43. The first-order valence-electron chi connectivity index (χ1n) is 9.74. The Morgan fingerprint density at radius 1 is 1.29 bits per heavy atom. The molecule has 0 aliphatic carbocycles. The molecule has 4 rings (SSSR count). The molecular weight excluding hydrogens is 438 g/mol. The third-order valence-electron chi connectivity index (χ3n) is 4.86. The molecule has 0 bridgehead atoms. The van der Waals surface area contributed by atoms with E-state index in [9.17, 15) is 4.79 Å². The molecule has 1 aliphatic rings. The summed E-state index contributed by atoms with van der Waals surface area (Å²) in [6.45, 7) is 1.48. The SMILES string of the molecule is COc1ccc(COCCCN2C(=O)COc3c(-c4csc(N)n4)cc(Cl)cc32)cc1. The summed E-state index contributed by atoms with van der Waals surface area (Å²) in [4.78, 5) is 18.6. The molecule has 1 aliphatic heterocycles. The number of nitrogens with two attached hydrogens (primary N) is 1. The smallest absolute Gasteiger partial charge is 0.265 e. The van der Waals surface area contributed by atoms with Crippen LogP contribution in [-0.2, 0) is 16.1 Å². The van der Waals surface area contributed by atoms with Gasteiger partial charge in [0, 0.05) is 29.1 Å². The molecule has 9 heteroatoms. The normalized spacial score (nSPS) is 13.1. The van der Waals surface area contributed by atoms with Crippen LogP contribution in [0, 0.1) is 0 Å². The molecule has 0 unspecified atom stereocenters. The number of hydrogen-bond donors (Lipinski definition) is 1. The number of hydrogen-bond acceptors (Lipinski definition) is 7. The molecule has 0 spiro atoms. The van der Waals surface area contributed by atoms with Crippen LogP contribution in [0.4, 0.5) is 10.8 Å². The van der Waals surface area contributed by atoms with Crippen LogP contribution >= 0.6 is 22.9 Å². The van der Waals surface area contributed by atoms with E-state index in [4.69, 9.17) is 31.5 Å². The Morgan fingerprint density at radius 3 is 2.81 bits per heavy atom. The summed E-state index contributed by atoms with van der Waals surface area (Å²) in [7, 11) is 1.64. The van der Waals surface area contributed by atoms with Crippen LogP contribution in [0.25, 0.3) is 11.3 Å². The zero-order valence-corrected chi connectivity index (χ0v) is 18.5. The maximum Gasteiger partial charge on any atom is 0.265 e. The minimum absolute atomic E-state index is 0.0338. The van der Waals surface area contributed by atoms with Gasteiger partial charge in [-0.25, -0.2) is 4.98 Å². The Kier molecular flexibility index (Phi) is 6.60. The van der Waals surface area contributed by atoms with Gasteiger partial charge >= 0.3 is 0 Å². The number of ether oxygens (including phenoxy) is 3. The molecule has 2 aromatic carbocycles. The second-order valence-corrected chi connectivity index (χ2v) is 8.29. The lowest BCUT2D eigenvalue weighted by atomic mass is 10.1. The number of halogens is 1. The summed E-state index contributed by atoms with van der Waals surface area (Å²) in [5, 5.41) is 2.80. The number of carbonyl (C=O) groups excluding carboxylic acids is 1. The lowest BCUT2D eigenvalue weighted by Gasteiger charge is -2.30. The third-order valence-corrected chi connectivity index (χ3v) is 5.75. The van der Waals surface area contributed by atoms with E-state index >= 15 is 0 Å². The largest absolute Gasteiger partial charge is 0.497 e. The van der Waals surface area contributed by atoms with Crippen LogP contribution in [0.3, 0.4) is 0 Å². The Labute approximate surface area is 189 Å². The molecule has 2 N–H and O–H groups in total. The molecule has 31 heavy (non-hydrogen) atoms. The topological polar surface area (TPSA) is 86.9 Å². The van der Waals surface area contributed by atoms with Crippen molar-refractivity contribution < 1.29 is 19.0 Å². The molecule has 2 heterocycles. The Balaban J connectivity index is 1.41. The highest BCUT2D eigenvalue weighted by atomic mass is 35.5. The number of methoxy groups -OCH3 is 1. The van der Waals surface area contributed by atoms with Gasteiger partial charge in [0.2, 0.25) is 0 Å². The lowest BCUT2D eigenvalue weighted by Crippen LogP contribution is -2.40. The van der Waals surface area contributed by atoms with Gasteiger partial charge in [0.15, 0.2) is 17.5 Å². The average molecular weight is 460 g/mol. The second-order valence-electron chi connectivity index (χ2n) is 6.96. The van der Waals surface area contributed by atoms with E-state index in [1.807, 2.05) is 29.6 Å². The maximum atomic E-state index is 12.5. The molecule has 0 radical (unpaired) electrons. The second kappa shape index (κ2) is 9.55. The first-order valence-corrected chi connectivity index (χ1v) is 11.0. The van der Waals surface area contributed by atoms with E-state index in [-0.39, 0.29) is 12.5 Å². The third kappa shape index (κ3) is 4.92. The predicted octanol–water partition coefficient (Wildman–Crippen LogP) is 4.39. The van der Waals surface area contributed by atoms with Gasteiger partial charge in [-0.15, -0.1) is 11.3 Å². The van der Waals surface area contributed by atoms with Crippen LogP contribution in [-0.4, -0.2) is 37.8 Å². The highest BCUT2D eigenvalue weighted by Gasteiger charge is 2.29. The molecule has 0 atom stereocenters. The van der Waals surface area contributed by atoms with Crippen LogP contribution in [0.1, 0.15) is 12.0 Å². The van der Waals surface area contributed by atoms with Crippen LogP contribution < -0.4 is 20.1 Å². The summed E-state index contributed by atoms with van der Waals surface area (Å²) in [5.41, 5.74) is 8.89. The number of fused-ring (bicyclic) bond motifs is 1. The van der Waals surface area contributed by atoms with E-state index < -0.39 is 0 Å². The van der Waals surface area contributed by atoms with E-state index in [0.29, 0.717) is 53.5 Å². The van der Waals surface area contributed by atoms with Gasteiger partial charge in [0.25, 0.3) is 5.91 Å². The van der Waals surface area contributed by atoms with Gasteiger partial charge in [0.05, 0.1) is 25.1 Å². The fourth-order valence-electron chi connectivity index (χ4n) is 3.36. The summed E-state index contributed by atoms with van der Waals surface area (Å²) in [5.74, 6) is 1.29. The Bertz CT molecular complexity index is 1070. The zero-order valence-electron chi connectivity index (χ0n) is 17.0. The maximum absolute atomic E-state index is 12.5. The van der Waals surface area contributed by atoms with Gasteiger partial charge in [0.1, 0.15) is 5.75 Å². The Morgan fingerprint density at radius 2 is 2.10 bits per heavy atom. The van der Waals surface area contributed by atoms with Gasteiger partial charge in [-0.3, -0.25) is 4.79 Å². The van der Waals surface area contributed by atoms with Crippen molar-refractivity contribution in [3.8, 4) is 22.8 Å². The number of anilines is 2. The molecule has 0 saturated heterocycles. The van der Waals surface area contributed by atoms with Gasteiger partial charge in [-0.05, 0) is 36.2 Å². The minimum atomic E-state index is -0.117. The van der Waals surface area contributed by atoms with E-state index in [0.717, 1.165) is 16.9 Å². The minimum Gasteiger partial charge on any atom is -0.497 e. The zero-order chi connectivity index (χ0) is 21.8. The van der Waals surface area contributed by atoms with Crippen molar-refractivity contribution in [3.63, 3.8) is 0 Å². The van der Waals surface area contributed by atoms with Crippen LogP contribution in [0.15, 0.2) is 41.8 Å². The van der Waals surface area contributed by atoms with Gasteiger partial charge < -0.3 is 24.8 Å². The molecule has 1 aromatic heterocycles. The van der Waals surface area contributed by atoms with Crippen molar-refractivity contribution in [3.05, 3.63) is 52.4 Å². The summed E-state index contributed by atoms with van der Waals surface area (Å²) in [6, 6.07) is 11.3. The number of nitrogens with zero attached hydrogens (tertiary/aromatic N) is 2. The lowest BCUT2D eigenvalue weighted by molar-refractivity contribution is -0.121. The first-order chi connectivity index (χ1) is 15.0. The number of thiazole rings is 1. The summed E-state index contributed by atoms with van der Waals surface area (Å²) < 4.78 is 16.7. The van der Waals surface area contributed by atoms with E-state index in [2.05, 4.69) is 4.98 Å². The fourth-order valence-corrected chi connectivity index (χ4v) is 4.14. The number of benzene rings is 2. The number of aromatic nitrogens is 1. The summed E-state index contributed by atoms with van der Waals surface area (Å²) >= 11 is 7.68. The molecule has 1 amide bonds. The van der Waals surface area contributed by atoms with Gasteiger partial charge in [-0.1, -0.05) is 23.7 Å². The molecule has 7 nitrogen and oxygen atoms in total. The van der Waals surface area contributed by atoms with Crippen molar-refractivity contribution in [1.82, 2.24) is 4.98 Å². The molecule has 3 aromatic rings. The predicted molar refractivity (Wildman–Crippen MR) is 122 cm³/mol. The van der Waals surface area contributed by atoms with Crippen molar-refractivity contribution >= 4 is 39.7 Å². The van der Waals surface area contributed by atoms with Crippen molar-refractivity contribution in [2.45, 2.75) is 13.0 Å². The van der Waals surface area contributed by atoms with Gasteiger partial charge in [-0.2, -0.15) is 0 Å². The van der Waals surface area contributed by atoms with Crippen molar-refractivity contribution in [2.75, 3.05) is 37.5 Å². The standard InChI is InChI=1S/C22H22ClN3O4S/c1-28-16-5-3-14(4-6-16)11-29-8-2-7-26-19-10-15(23)9-17(18-13-31-22(24)25-18)21(19)30-12-20(26)27/h3-6,9-10,13H,2,7-8,11-12H2,1H3,(H2,24,25). The van der Waals surface area contributed by atoms with E-state index in [1.54, 1.807) is 24.1 Å². The molecular formula is C22H22ClN3O4S. The average Bonchev–Trinajstić information content (AvgIpc) is 3.21. The molecule has 0 fully saturated rings. The molecule has 0 saturated carbocycles. The summed E-state index contributed by atoms with van der Waals surface area (Å²) in [6.07, 6.45) is 0.673. The van der Waals surface area contributed by atoms with Crippen LogP contribution in [0.5, 0.6) is 11.5 Å². The van der Waals surface area contributed by atoms with Crippen molar-refractivity contribution in [2.24, 2.45) is 0 Å². The van der Waals surface area contributed by atoms with Crippen molar-refractivity contribution in [1.29, 1.82) is 0 Å². The number of nitrogen functional groups attached to an aromatic ring is 1. The molecule has 162 valence electrons. The highest BCUT2D eigenvalue weighted by molar-refractivity contribution is 7.13. The van der Waals surface area contributed by atoms with Crippen LogP contribution in [0.2, 0.25) is 5.02 Å². The number of carbonyl (C=O) groups is 1. The number of rotatable bonds is 8. The fraction of sp³-hybridized carbons (Fsp3) is 0.273. The van der Waals surface area contributed by atoms with E-state index in [1.165, 1.54) is 11.3 Å². The Hall–Kier alpha value is -2.81. The quantitative estimate of drug-likeness (QED) is 0.503. The monoisotopic (exact) mass is 459 g/mol. The number of amides is 1. The first kappa shape index (κ1) is 21.4.